The van der Waals surface area contributed by atoms with Crippen molar-refractivity contribution in [3.63, 3.8) is 0 Å². The molecule has 1 heteroatoms. The van der Waals surface area contributed by atoms with Gasteiger partial charge < -0.3 is 0 Å². The Morgan fingerprint density at radius 1 is 0.900 bits per heavy atom. The SMILES string of the molecule is CC(C)c1cc([C](=[Hf+2])C2CCCCC2)cc(C(C)C)c1. The van der Waals surface area contributed by atoms with Gasteiger partial charge in [-0.05, 0) is 0 Å². The van der Waals surface area contributed by atoms with Crippen LogP contribution in [0.1, 0.15) is 88.3 Å². The molecule has 2 rings (SSSR count). The van der Waals surface area contributed by atoms with Crippen LogP contribution in [0.3, 0.4) is 0 Å². The summed E-state index contributed by atoms with van der Waals surface area (Å²) in [5.41, 5.74) is 4.61. The van der Waals surface area contributed by atoms with Crippen LogP contribution in [0.25, 0.3) is 0 Å². The molecule has 0 nitrogen and oxygen atoms in total. The third-order valence-electron chi connectivity index (χ3n) is 4.64. The summed E-state index contributed by atoms with van der Waals surface area (Å²) in [6.07, 6.45) is 7.20. The van der Waals surface area contributed by atoms with Gasteiger partial charge in [-0.25, -0.2) is 0 Å². The third-order valence-corrected chi connectivity index (χ3v) is 7.14. The molecule has 0 radical (unpaired) electrons. The van der Waals surface area contributed by atoms with Crippen LogP contribution in [0, 0.1) is 5.92 Å². The first-order valence-electron chi connectivity index (χ1n) is 8.22. The van der Waals surface area contributed by atoms with E-state index in [-0.39, 0.29) is 0 Å². The van der Waals surface area contributed by atoms with Crippen LogP contribution in [-0.4, -0.2) is 3.26 Å². The Hall–Kier alpha value is -0.0399. The van der Waals surface area contributed by atoms with Crippen LogP contribution in [0.15, 0.2) is 18.2 Å². The van der Waals surface area contributed by atoms with Crippen molar-refractivity contribution in [3.8, 4) is 0 Å². The van der Waals surface area contributed by atoms with Gasteiger partial charge in [0, 0.05) is 0 Å². The fraction of sp³-hybridized carbons (Fsp3) is 0.632. The normalized spacial score (nSPS) is 17.0. The van der Waals surface area contributed by atoms with E-state index in [2.05, 4.69) is 45.9 Å². The van der Waals surface area contributed by atoms with Crippen molar-refractivity contribution in [2.75, 3.05) is 0 Å². The second kappa shape index (κ2) is 7.29. The van der Waals surface area contributed by atoms with Crippen LogP contribution >= 0.6 is 0 Å². The number of rotatable bonds is 4. The summed E-state index contributed by atoms with van der Waals surface area (Å²) in [5, 5.41) is 0. The Kier molecular flexibility index (Phi) is 5.96. The molecule has 1 fully saturated rings. The summed E-state index contributed by atoms with van der Waals surface area (Å²) in [5.74, 6) is 2.15. The van der Waals surface area contributed by atoms with Crippen molar-refractivity contribution in [3.05, 3.63) is 34.9 Å². The molecule has 1 aromatic rings. The summed E-state index contributed by atoms with van der Waals surface area (Å²) >= 11 is 1.22. The van der Waals surface area contributed by atoms with Crippen LogP contribution in [-0.2, 0) is 23.9 Å². The van der Waals surface area contributed by atoms with Crippen molar-refractivity contribution in [1.82, 2.24) is 0 Å². The Bertz CT molecular complexity index is 438. The Morgan fingerprint density at radius 2 is 1.40 bits per heavy atom. The van der Waals surface area contributed by atoms with Crippen molar-refractivity contribution < 1.29 is 23.9 Å². The minimum absolute atomic E-state index is 0.633. The molecule has 0 N–H and O–H groups in total. The summed E-state index contributed by atoms with van der Waals surface area (Å²) in [6, 6.07) is 7.38. The number of benzene rings is 1. The fourth-order valence-corrected chi connectivity index (χ4v) is 4.68. The number of hydrogen-bond donors (Lipinski definition) is 0. The minimum atomic E-state index is 0.633. The monoisotopic (exact) mass is 436 g/mol. The van der Waals surface area contributed by atoms with E-state index in [0.717, 1.165) is 5.92 Å². The van der Waals surface area contributed by atoms with E-state index in [0.29, 0.717) is 11.8 Å². The zero-order valence-electron chi connectivity index (χ0n) is 13.5. The molecule has 0 aliphatic heterocycles. The molecule has 20 heavy (non-hydrogen) atoms. The molecule has 1 aliphatic carbocycles. The molecule has 106 valence electrons. The van der Waals surface area contributed by atoms with Gasteiger partial charge >= 0.3 is 140 Å². The van der Waals surface area contributed by atoms with Crippen LogP contribution in [0.4, 0.5) is 0 Å². The molecule has 0 atom stereocenters. The third kappa shape index (κ3) is 4.00. The summed E-state index contributed by atoms with van der Waals surface area (Å²) in [7, 11) is 0. The molecule has 1 aromatic carbocycles. The predicted molar refractivity (Wildman–Crippen MR) is 85.3 cm³/mol. The van der Waals surface area contributed by atoms with E-state index in [9.17, 15) is 0 Å². The average Bonchev–Trinajstić information content (AvgIpc) is 2.46. The zero-order chi connectivity index (χ0) is 14.7. The quantitative estimate of drug-likeness (QED) is 0.542. The molecular weight excluding hydrogens is 407 g/mol. The van der Waals surface area contributed by atoms with Gasteiger partial charge in [-0.15, -0.1) is 0 Å². The first-order valence-corrected chi connectivity index (χ1v) is 10.0. The van der Waals surface area contributed by atoms with Gasteiger partial charge in [0.15, 0.2) is 0 Å². The van der Waals surface area contributed by atoms with Crippen LogP contribution < -0.4 is 0 Å². The van der Waals surface area contributed by atoms with Crippen molar-refractivity contribution in [2.45, 2.75) is 71.6 Å². The first-order chi connectivity index (χ1) is 9.49. The molecule has 0 amide bonds. The standard InChI is InChI=1S/C19H28.Hf/c1-14(2)18-11-17(12-19(13-18)15(3)4)10-16-8-6-5-7-9-16;/h11-16H,5-9H2,1-4H3;/q;+2. The first kappa shape index (κ1) is 16.3. The topological polar surface area (TPSA) is 0 Å². The van der Waals surface area contributed by atoms with Gasteiger partial charge in [-0.2, -0.15) is 0 Å². The maximum absolute atomic E-state index is 2.48. The van der Waals surface area contributed by atoms with E-state index in [1.807, 2.05) is 0 Å². The average molecular weight is 435 g/mol. The van der Waals surface area contributed by atoms with Gasteiger partial charge in [0.2, 0.25) is 0 Å². The molecule has 1 saturated carbocycles. The van der Waals surface area contributed by atoms with Crippen molar-refractivity contribution >= 4 is 3.26 Å². The molecule has 0 saturated heterocycles. The van der Waals surface area contributed by atoms with Gasteiger partial charge in [0.25, 0.3) is 0 Å². The van der Waals surface area contributed by atoms with E-state index in [1.54, 1.807) is 8.82 Å². The van der Waals surface area contributed by atoms with E-state index >= 15 is 0 Å². The molecule has 0 spiro atoms. The molecule has 0 heterocycles. The van der Waals surface area contributed by atoms with E-state index < -0.39 is 0 Å². The van der Waals surface area contributed by atoms with Crippen molar-refractivity contribution in [2.24, 2.45) is 5.92 Å². The molecule has 0 unspecified atom stereocenters. The molecule has 1 aliphatic rings. The van der Waals surface area contributed by atoms with Gasteiger partial charge in [-0.3, -0.25) is 0 Å². The Morgan fingerprint density at radius 3 is 1.85 bits per heavy atom. The predicted octanol–water partition coefficient (Wildman–Crippen LogP) is 5.58. The summed E-state index contributed by atoms with van der Waals surface area (Å²) < 4.78 is 1.77. The fourth-order valence-electron chi connectivity index (χ4n) is 3.13. The van der Waals surface area contributed by atoms with Crippen molar-refractivity contribution in [1.29, 1.82) is 0 Å². The zero-order valence-corrected chi connectivity index (χ0v) is 17.1. The van der Waals surface area contributed by atoms with E-state index in [4.69, 9.17) is 0 Å². The van der Waals surface area contributed by atoms with Crippen LogP contribution in [0.5, 0.6) is 0 Å². The number of hydrogen-bond acceptors (Lipinski definition) is 0. The van der Waals surface area contributed by atoms with E-state index in [1.165, 1.54) is 67.1 Å². The molecule has 0 aromatic heterocycles. The molecule has 0 bridgehead atoms. The van der Waals surface area contributed by atoms with Gasteiger partial charge in [-0.1, -0.05) is 0 Å². The van der Waals surface area contributed by atoms with Crippen LogP contribution in [0.2, 0.25) is 0 Å². The van der Waals surface area contributed by atoms with Gasteiger partial charge in [0.1, 0.15) is 0 Å². The second-order valence-corrected chi connectivity index (χ2v) is 8.88. The molecular formula is C19H28Hf+2. The maximum atomic E-state index is 2.48. The Labute approximate surface area is 139 Å². The Balaban J connectivity index is 2.31. The second-order valence-electron chi connectivity index (χ2n) is 6.95. The van der Waals surface area contributed by atoms with Gasteiger partial charge in [0.05, 0.1) is 0 Å². The summed E-state index contributed by atoms with van der Waals surface area (Å²) in [4.78, 5) is 0. The summed E-state index contributed by atoms with van der Waals surface area (Å²) in [6.45, 7) is 9.26.